The molecule has 2 aromatic heterocycles. The number of pyridine rings is 1. The van der Waals surface area contributed by atoms with Crippen molar-refractivity contribution >= 4 is 34.3 Å². The van der Waals surface area contributed by atoms with Gasteiger partial charge in [-0.05, 0) is 49.4 Å². The smallest absolute Gasteiger partial charge is 0.175 e. The summed E-state index contributed by atoms with van der Waals surface area (Å²) >= 11 is 0. The van der Waals surface area contributed by atoms with Crippen LogP contribution in [0.25, 0.3) is 22.6 Å². The molecule has 0 fully saturated rings. The predicted octanol–water partition coefficient (Wildman–Crippen LogP) is 1.84. The average molecular weight is 451 g/mol. The van der Waals surface area contributed by atoms with Crippen molar-refractivity contribution in [3.63, 3.8) is 0 Å². The number of nitrogens with one attached hydrogen (secondary N) is 1. The molecule has 8 nitrogen and oxygen atoms in total. The van der Waals surface area contributed by atoms with Crippen LogP contribution in [0.3, 0.4) is 0 Å². The molecule has 0 amide bonds. The van der Waals surface area contributed by atoms with Gasteiger partial charge < -0.3 is 19.6 Å². The molecule has 0 saturated heterocycles. The van der Waals surface area contributed by atoms with Gasteiger partial charge >= 0.3 is 0 Å². The molecule has 0 aliphatic carbocycles. The Kier molecular flexibility index (Phi) is 5.90. The third-order valence-corrected chi connectivity index (χ3v) is 5.84. The molecule has 164 valence electrons. The summed E-state index contributed by atoms with van der Waals surface area (Å²) in [6, 6.07) is 13.4. The fourth-order valence-corrected chi connectivity index (χ4v) is 3.76. The van der Waals surface area contributed by atoms with Gasteiger partial charge in [-0.3, -0.25) is 0 Å². The minimum atomic E-state index is -3.29. The normalized spacial score (nSPS) is 12.6. The van der Waals surface area contributed by atoms with Crippen molar-refractivity contribution in [2.45, 2.75) is 17.9 Å². The Hall–Kier alpha value is -3.37. The molecule has 32 heavy (non-hydrogen) atoms. The maximum atomic E-state index is 11.7. The second-order valence-corrected chi connectivity index (χ2v) is 9.63. The Labute approximate surface area is 186 Å². The van der Waals surface area contributed by atoms with E-state index in [1.807, 2.05) is 13.9 Å². The molecule has 0 spiro atoms. The zero-order valence-corrected chi connectivity index (χ0v) is 18.7. The van der Waals surface area contributed by atoms with Crippen LogP contribution in [0.5, 0.6) is 17.2 Å². The maximum absolute atomic E-state index is 11.7. The van der Waals surface area contributed by atoms with Gasteiger partial charge in [-0.2, -0.15) is 0 Å². The summed E-state index contributed by atoms with van der Waals surface area (Å²) < 4.78 is 35.1. The van der Waals surface area contributed by atoms with Crippen LogP contribution in [0.15, 0.2) is 59.6 Å². The van der Waals surface area contributed by atoms with Crippen LogP contribution in [-0.2, 0) is 9.84 Å². The van der Waals surface area contributed by atoms with E-state index in [-0.39, 0.29) is 11.5 Å². The first-order valence-electron chi connectivity index (χ1n) is 9.94. The monoisotopic (exact) mass is 451 g/mol. The molecule has 2 heterocycles. The van der Waals surface area contributed by atoms with Crippen molar-refractivity contribution in [2.75, 3.05) is 12.9 Å². The molecule has 0 bridgehead atoms. The predicted molar refractivity (Wildman–Crippen MR) is 124 cm³/mol. The number of benzene rings is 2. The first-order valence-corrected chi connectivity index (χ1v) is 11.8. The zero-order chi connectivity index (χ0) is 22.9. The largest absolute Gasteiger partial charge is 0.488 e. The van der Waals surface area contributed by atoms with E-state index in [1.54, 1.807) is 43.5 Å². The number of sulfone groups is 1. The lowest BCUT2D eigenvalue weighted by Gasteiger charge is -2.15. The second kappa shape index (κ2) is 8.64. The van der Waals surface area contributed by atoms with E-state index < -0.39 is 15.9 Å². The van der Waals surface area contributed by atoms with Crippen LogP contribution in [0, 0.1) is 0 Å². The summed E-state index contributed by atoms with van der Waals surface area (Å²) in [6.07, 6.45) is 2.51. The van der Waals surface area contributed by atoms with E-state index in [0.717, 1.165) is 17.2 Å². The van der Waals surface area contributed by atoms with Crippen LogP contribution < -0.4 is 14.9 Å². The number of fused-ring (bicyclic) bond motifs is 1. The highest BCUT2D eigenvalue weighted by Crippen LogP contribution is 2.33. The Morgan fingerprint density at radius 1 is 1.09 bits per heavy atom. The molecule has 0 aliphatic rings. The first-order chi connectivity index (χ1) is 15.2. The van der Waals surface area contributed by atoms with Crippen molar-refractivity contribution in [1.82, 2.24) is 15.0 Å². The van der Waals surface area contributed by atoms with Gasteiger partial charge in [0.2, 0.25) is 0 Å². The topological polar surface area (TPSA) is 114 Å². The van der Waals surface area contributed by atoms with Gasteiger partial charge in [0, 0.05) is 24.1 Å². The molecule has 0 unspecified atom stereocenters. The fourth-order valence-electron chi connectivity index (χ4n) is 3.13. The summed E-state index contributed by atoms with van der Waals surface area (Å²) in [6.45, 7) is 1.62. The third-order valence-electron chi connectivity index (χ3n) is 4.71. The van der Waals surface area contributed by atoms with Crippen molar-refractivity contribution < 1.29 is 23.0 Å². The van der Waals surface area contributed by atoms with Crippen molar-refractivity contribution in [3.05, 3.63) is 54.7 Å². The SMILES string of the molecule is Bc1cnc2[nH]c(-c3cc(Oc4ccc(S(C)(=O)=O)cc4)cc(O[C@@H](C)CO)c3)nc2c1. The summed E-state index contributed by atoms with van der Waals surface area (Å²) in [5.74, 6) is 2.03. The average Bonchev–Trinajstić information content (AvgIpc) is 3.16. The molecule has 4 rings (SSSR count). The summed E-state index contributed by atoms with van der Waals surface area (Å²) in [5.41, 5.74) is 3.13. The fraction of sp³-hybridized carbons (Fsp3) is 0.182. The summed E-state index contributed by atoms with van der Waals surface area (Å²) in [7, 11) is -1.34. The highest BCUT2D eigenvalue weighted by molar-refractivity contribution is 7.90. The Balaban J connectivity index is 1.71. The molecule has 2 N–H and O–H groups in total. The van der Waals surface area contributed by atoms with Crippen molar-refractivity contribution in [1.29, 1.82) is 0 Å². The lowest BCUT2D eigenvalue weighted by molar-refractivity contribution is 0.129. The standard InChI is InChI=1S/C22H22BN3O5S/c1-13(12-27)30-17-7-14(21-25-20-9-15(23)11-24-22(20)26-21)8-18(10-17)31-16-3-5-19(6-4-16)32(2,28)29/h3-11,13,27H,12,23H2,1-2H3,(H,24,25,26)/t13-/m0/s1. The molecular weight excluding hydrogens is 429 g/mol. The van der Waals surface area contributed by atoms with Crippen molar-refractivity contribution in [2.24, 2.45) is 0 Å². The number of rotatable bonds is 7. The number of hydrogen-bond donors (Lipinski definition) is 2. The van der Waals surface area contributed by atoms with Crippen LogP contribution >= 0.6 is 0 Å². The maximum Gasteiger partial charge on any atom is 0.175 e. The molecule has 0 saturated carbocycles. The first kappa shape index (κ1) is 21.9. The van der Waals surface area contributed by atoms with E-state index in [0.29, 0.717) is 34.3 Å². The molecule has 1 atom stereocenters. The van der Waals surface area contributed by atoms with Crippen LogP contribution in [0.4, 0.5) is 0 Å². The number of aliphatic hydroxyl groups is 1. The Morgan fingerprint density at radius 2 is 1.81 bits per heavy atom. The van der Waals surface area contributed by atoms with Crippen molar-refractivity contribution in [3.8, 4) is 28.6 Å². The lowest BCUT2D eigenvalue weighted by atomic mass is 9.99. The number of ether oxygens (including phenoxy) is 2. The molecular formula is C22H22BN3O5S. The van der Waals surface area contributed by atoms with E-state index >= 15 is 0 Å². The van der Waals surface area contributed by atoms with Gasteiger partial charge in [0.05, 0.1) is 11.5 Å². The number of aromatic amines is 1. The van der Waals surface area contributed by atoms with E-state index in [1.165, 1.54) is 12.1 Å². The second-order valence-electron chi connectivity index (χ2n) is 7.62. The zero-order valence-electron chi connectivity index (χ0n) is 17.9. The third kappa shape index (κ3) is 4.92. The number of nitrogens with zero attached hydrogens (tertiary/aromatic N) is 2. The number of imidazole rings is 1. The van der Waals surface area contributed by atoms with E-state index in [4.69, 9.17) is 9.47 Å². The summed E-state index contributed by atoms with van der Waals surface area (Å²) in [5, 5.41) is 9.37. The van der Waals surface area contributed by atoms with E-state index in [2.05, 4.69) is 15.0 Å². The Bertz CT molecular complexity index is 1370. The number of hydrogen-bond acceptors (Lipinski definition) is 7. The quantitative estimate of drug-likeness (QED) is 0.412. The molecule has 10 heteroatoms. The molecule has 0 radical (unpaired) electrons. The van der Waals surface area contributed by atoms with Crippen LogP contribution in [0.1, 0.15) is 6.92 Å². The van der Waals surface area contributed by atoms with Gasteiger partial charge in [-0.25, -0.2) is 18.4 Å². The Morgan fingerprint density at radius 3 is 2.50 bits per heavy atom. The number of aliphatic hydroxyl groups excluding tert-OH is 1. The molecule has 0 aliphatic heterocycles. The van der Waals surface area contributed by atoms with Crippen LogP contribution in [-0.4, -0.2) is 55.3 Å². The minimum absolute atomic E-state index is 0.138. The lowest BCUT2D eigenvalue weighted by Crippen LogP contribution is -2.16. The van der Waals surface area contributed by atoms with Gasteiger partial charge in [-0.15, -0.1) is 0 Å². The van der Waals surface area contributed by atoms with E-state index in [9.17, 15) is 13.5 Å². The minimum Gasteiger partial charge on any atom is -0.488 e. The molecule has 4 aromatic rings. The number of aromatic nitrogens is 3. The van der Waals surface area contributed by atoms with Crippen LogP contribution in [0.2, 0.25) is 0 Å². The molecule has 2 aromatic carbocycles. The highest BCUT2D eigenvalue weighted by Gasteiger charge is 2.13. The van der Waals surface area contributed by atoms with Gasteiger partial charge in [0.25, 0.3) is 0 Å². The van der Waals surface area contributed by atoms with Gasteiger partial charge in [-0.1, -0.05) is 5.46 Å². The number of H-pyrrole nitrogens is 1. The van der Waals surface area contributed by atoms with Gasteiger partial charge in [0.15, 0.2) is 15.5 Å². The highest BCUT2D eigenvalue weighted by atomic mass is 32.2. The van der Waals surface area contributed by atoms with Gasteiger partial charge in [0.1, 0.15) is 42.5 Å². The summed E-state index contributed by atoms with van der Waals surface area (Å²) in [4.78, 5) is 12.4.